The van der Waals surface area contributed by atoms with E-state index in [2.05, 4.69) is 11.2 Å². The third-order valence-electron chi connectivity index (χ3n) is 1.85. The average Bonchev–Trinajstić information content (AvgIpc) is 2.13. The van der Waals surface area contributed by atoms with E-state index in [0.717, 1.165) is 5.69 Å². The van der Waals surface area contributed by atoms with E-state index in [-0.39, 0.29) is 5.82 Å². The third kappa shape index (κ3) is 2.48. The topological polar surface area (TPSA) is 12.0 Å². The van der Waals surface area contributed by atoms with Crippen LogP contribution in [-0.2, 0) is 0 Å². The zero-order valence-corrected chi connectivity index (χ0v) is 7.60. The molecule has 1 aromatic rings. The van der Waals surface area contributed by atoms with Gasteiger partial charge in [-0.1, -0.05) is 6.07 Å². The van der Waals surface area contributed by atoms with E-state index in [4.69, 9.17) is 6.42 Å². The molecule has 68 valence electrons. The summed E-state index contributed by atoms with van der Waals surface area (Å²) in [6.07, 6.45) is 5.75. The Morgan fingerprint density at radius 2 is 2.31 bits per heavy atom. The van der Waals surface area contributed by atoms with Crippen molar-refractivity contribution in [2.75, 3.05) is 11.9 Å². The van der Waals surface area contributed by atoms with Crippen molar-refractivity contribution in [2.24, 2.45) is 0 Å². The minimum Gasteiger partial charge on any atom is -0.384 e. The summed E-state index contributed by atoms with van der Waals surface area (Å²) in [5.74, 6) is 2.33. The monoisotopic (exact) mass is 177 g/mol. The van der Waals surface area contributed by atoms with Crippen molar-refractivity contribution in [2.45, 2.75) is 13.3 Å². The maximum Gasteiger partial charge on any atom is 0.128 e. The smallest absolute Gasteiger partial charge is 0.128 e. The van der Waals surface area contributed by atoms with Gasteiger partial charge in [-0.15, -0.1) is 12.3 Å². The van der Waals surface area contributed by atoms with Crippen LogP contribution >= 0.6 is 0 Å². The van der Waals surface area contributed by atoms with Gasteiger partial charge in [0.2, 0.25) is 0 Å². The Morgan fingerprint density at radius 3 is 3.00 bits per heavy atom. The van der Waals surface area contributed by atoms with Gasteiger partial charge >= 0.3 is 0 Å². The summed E-state index contributed by atoms with van der Waals surface area (Å²) in [5, 5.41) is 3.07. The van der Waals surface area contributed by atoms with Crippen LogP contribution in [0.1, 0.15) is 12.0 Å². The van der Waals surface area contributed by atoms with Gasteiger partial charge < -0.3 is 5.32 Å². The normalized spacial score (nSPS) is 9.31. The average molecular weight is 177 g/mol. The molecule has 0 amide bonds. The van der Waals surface area contributed by atoms with Crippen LogP contribution in [0.2, 0.25) is 0 Å². The van der Waals surface area contributed by atoms with Gasteiger partial charge in [-0.2, -0.15) is 0 Å². The zero-order chi connectivity index (χ0) is 9.68. The first-order valence-electron chi connectivity index (χ1n) is 4.18. The molecule has 0 radical (unpaired) electrons. The number of hydrogen-bond donors (Lipinski definition) is 1. The van der Waals surface area contributed by atoms with Crippen molar-refractivity contribution in [1.29, 1.82) is 0 Å². The number of hydrogen-bond acceptors (Lipinski definition) is 1. The van der Waals surface area contributed by atoms with Gasteiger partial charge in [0.25, 0.3) is 0 Å². The van der Waals surface area contributed by atoms with Crippen molar-refractivity contribution >= 4 is 5.69 Å². The molecular weight excluding hydrogens is 165 g/mol. The maximum absolute atomic E-state index is 13.0. The maximum atomic E-state index is 13.0. The molecule has 0 bridgehead atoms. The van der Waals surface area contributed by atoms with E-state index in [1.54, 1.807) is 13.0 Å². The van der Waals surface area contributed by atoms with Crippen LogP contribution in [0.4, 0.5) is 10.1 Å². The number of benzene rings is 1. The van der Waals surface area contributed by atoms with Crippen LogP contribution in [-0.4, -0.2) is 6.54 Å². The Hall–Kier alpha value is -1.49. The summed E-state index contributed by atoms with van der Waals surface area (Å²) >= 11 is 0. The number of halogens is 1. The third-order valence-corrected chi connectivity index (χ3v) is 1.85. The fourth-order valence-electron chi connectivity index (χ4n) is 1.07. The molecule has 13 heavy (non-hydrogen) atoms. The van der Waals surface area contributed by atoms with Crippen molar-refractivity contribution < 1.29 is 4.39 Å². The zero-order valence-electron chi connectivity index (χ0n) is 7.60. The number of anilines is 1. The van der Waals surface area contributed by atoms with E-state index in [1.807, 2.05) is 6.07 Å². The molecule has 1 N–H and O–H groups in total. The predicted molar refractivity (Wildman–Crippen MR) is 53.1 cm³/mol. The Balaban J connectivity index is 2.67. The highest BCUT2D eigenvalue weighted by Gasteiger charge is 2.00. The van der Waals surface area contributed by atoms with Gasteiger partial charge in [0.15, 0.2) is 0 Å². The van der Waals surface area contributed by atoms with E-state index in [0.29, 0.717) is 18.5 Å². The second-order valence-electron chi connectivity index (χ2n) is 2.79. The standard InChI is InChI=1S/C11H12FN/c1-3-4-8-13-11-7-5-6-10(12)9(11)2/h1,5-7,13H,4,8H2,2H3. The lowest BCUT2D eigenvalue weighted by Gasteiger charge is -2.07. The second kappa shape index (κ2) is 4.51. The minimum atomic E-state index is -0.189. The van der Waals surface area contributed by atoms with Crippen molar-refractivity contribution in [3.63, 3.8) is 0 Å². The molecule has 1 aromatic carbocycles. The van der Waals surface area contributed by atoms with Gasteiger partial charge in [-0.3, -0.25) is 0 Å². The number of nitrogens with one attached hydrogen (secondary N) is 1. The van der Waals surface area contributed by atoms with Gasteiger partial charge in [0.1, 0.15) is 5.82 Å². The molecule has 2 heteroatoms. The summed E-state index contributed by atoms with van der Waals surface area (Å²) in [7, 11) is 0. The predicted octanol–water partition coefficient (Wildman–Crippen LogP) is 2.57. The van der Waals surface area contributed by atoms with Gasteiger partial charge in [0, 0.05) is 24.2 Å². The molecular formula is C11H12FN. The second-order valence-corrected chi connectivity index (χ2v) is 2.79. The van der Waals surface area contributed by atoms with Crippen LogP contribution in [0.3, 0.4) is 0 Å². The fraction of sp³-hybridized carbons (Fsp3) is 0.273. The Morgan fingerprint density at radius 1 is 1.54 bits per heavy atom. The highest BCUT2D eigenvalue weighted by atomic mass is 19.1. The summed E-state index contributed by atoms with van der Waals surface area (Å²) in [5.41, 5.74) is 1.45. The molecule has 0 aromatic heterocycles. The van der Waals surface area contributed by atoms with Crippen molar-refractivity contribution in [3.8, 4) is 12.3 Å². The molecule has 0 heterocycles. The van der Waals surface area contributed by atoms with Crippen molar-refractivity contribution in [1.82, 2.24) is 0 Å². The van der Waals surface area contributed by atoms with Gasteiger partial charge in [0.05, 0.1) is 0 Å². The van der Waals surface area contributed by atoms with E-state index in [1.165, 1.54) is 6.07 Å². The highest BCUT2D eigenvalue weighted by molar-refractivity contribution is 5.50. The Labute approximate surface area is 78.0 Å². The van der Waals surface area contributed by atoms with E-state index in [9.17, 15) is 4.39 Å². The lowest BCUT2D eigenvalue weighted by Crippen LogP contribution is -2.02. The molecule has 0 saturated carbocycles. The molecule has 1 rings (SSSR count). The summed E-state index contributed by atoms with van der Waals surface area (Å²) in [4.78, 5) is 0. The lowest BCUT2D eigenvalue weighted by molar-refractivity contribution is 0.619. The molecule has 0 aliphatic heterocycles. The van der Waals surface area contributed by atoms with Crippen LogP contribution in [0.25, 0.3) is 0 Å². The molecule has 0 fully saturated rings. The molecule has 0 unspecified atom stereocenters. The van der Waals surface area contributed by atoms with Crippen LogP contribution < -0.4 is 5.32 Å². The largest absolute Gasteiger partial charge is 0.384 e. The quantitative estimate of drug-likeness (QED) is 0.552. The summed E-state index contributed by atoms with van der Waals surface area (Å²) in [6, 6.07) is 4.97. The van der Waals surface area contributed by atoms with E-state index < -0.39 is 0 Å². The summed E-state index contributed by atoms with van der Waals surface area (Å²) in [6.45, 7) is 2.42. The number of terminal acetylenes is 1. The lowest BCUT2D eigenvalue weighted by atomic mass is 10.2. The molecule has 0 saturated heterocycles. The van der Waals surface area contributed by atoms with E-state index >= 15 is 0 Å². The van der Waals surface area contributed by atoms with Crippen LogP contribution in [0.5, 0.6) is 0 Å². The highest BCUT2D eigenvalue weighted by Crippen LogP contribution is 2.16. The molecule has 0 aliphatic carbocycles. The molecule has 0 spiro atoms. The minimum absolute atomic E-state index is 0.189. The Kier molecular flexibility index (Phi) is 3.33. The van der Waals surface area contributed by atoms with Crippen molar-refractivity contribution in [3.05, 3.63) is 29.6 Å². The van der Waals surface area contributed by atoms with Crippen LogP contribution in [0, 0.1) is 25.1 Å². The molecule has 0 aliphatic rings. The SMILES string of the molecule is C#CCCNc1cccc(F)c1C. The molecule has 1 nitrogen and oxygen atoms in total. The fourth-order valence-corrected chi connectivity index (χ4v) is 1.07. The van der Waals surface area contributed by atoms with Crippen LogP contribution in [0.15, 0.2) is 18.2 Å². The first-order valence-corrected chi connectivity index (χ1v) is 4.18. The Bertz CT molecular complexity index is 325. The first kappa shape index (κ1) is 9.60. The summed E-state index contributed by atoms with van der Waals surface area (Å²) < 4.78 is 13.0. The molecule has 0 atom stereocenters. The van der Waals surface area contributed by atoms with Gasteiger partial charge in [-0.05, 0) is 19.1 Å². The van der Waals surface area contributed by atoms with Gasteiger partial charge in [-0.25, -0.2) is 4.39 Å². The first-order chi connectivity index (χ1) is 6.25. The number of rotatable bonds is 3.